The monoisotopic (exact) mass is 253 g/mol. The van der Waals surface area contributed by atoms with Crippen molar-refractivity contribution in [3.05, 3.63) is 41.9 Å². The summed E-state index contributed by atoms with van der Waals surface area (Å²) in [6, 6.07) is 8.21. The molecule has 5 heteroatoms. The Morgan fingerprint density at radius 1 is 1.05 bits per heavy atom. The lowest BCUT2D eigenvalue weighted by Crippen LogP contribution is -2.01. The van der Waals surface area contributed by atoms with E-state index in [9.17, 15) is 0 Å². The third kappa shape index (κ3) is 1.93. The van der Waals surface area contributed by atoms with Gasteiger partial charge in [0.1, 0.15) is 11.6 Å². The first kappa shape index (κ1) is 11.6. The first-order valence-corrected chi connectivity index (χ1v) is 6.16. The second-order valence-corrected chi connectivity index (χ2v) is 4.50. The largest absolute Gasteiger partial charge is 0.372 e. The number of aryl methyl sites for hydroxylation is 2. The minimum atomic E-state index is 0.728. The minimum Gasteiger partial charge on any atom is -0.372 e. The van der Waals surface area contributed by atoms with E-state index < -0.39 is 0 Å². The third-order valence-electron chi connectivity index (χ3n) is 3.06. The van der Waals surface area contributed by atoms with Crippen LogP contribution in [0, 0.1) is 13.8 Å². The van der Waals surface area contributed by atoms with Crippen LogP contribution in [0.1, 0.15) is 11.4 Å². The van der Waals surface area contributed by atoms with Gasteiger partial charge in [0.05, 0.1) is 17.3 Å². The molecule has 0 atom stereocenters. The molecule has 2 heterocycles. The van der Waals surface area contributed by atoms with Gasteiger partial charge in [0.2, 0.25) is 0 Å². The Morgan fingerprint density at radius 2 is 1.79 bits per heavy atom. The van der Waals surface area contributed by atoms with E-state index in [1.807, 2.05) is 30.8 Å². The summed E-state index contributed by atoms with van der Waals surface area (Å²) in [5, 5.41) is 8.42. The van der Waals surface area contributed by atoms with Gasteiger partial charge in [-0.25, -0.2) is 14.6 Å². The van der Waals surface area contributed by atoms with Crippen LogP contribution >= 0.6 is 0 Å². The molecule has 19 heavy (non-hydrogen) atoms. The van der Waals surface area contributed by atoms with Gasteiger partial charge in [0.15, 0.2) is 5.65 Å². The summed E-state index contributed by atoms with van der Waals surface area (Å²) in [6.07, 6.45) is 1.79. The molecular weight excluding hydrogens is 238 g/mol. The summed E-state index contributed by atoms with van der Waals surface area (Å²) in [5.74, 6) is 1.53. The Balaban J connectivity index is 2.25. The summed E-state index contributed by atoms with van der Waals surface area (Å²) in [4.78, 5) is 8.86. The summed E-state index contributed by atoms with van der Waals surface area (Å²) in [6.45, 7) is 3.95. The molecule has 0 aliphatic carbocycles. The molecule has 0 bridgehead atoms. The highest BCUT2D eigenvalue weighted by Gasteiger charge is 2.11. The predicted octanol–water partition coefficient (Wildman–Crippen LogP) is 2.47. The third-order valence-corrected chi connectivity index (χ3v) is 3.06. The van der Waals surface area contributed by atoms with Crippen LogP contribution in [0.5, 0.6) is 0 Å². The molecule has 0 aliphatic heterocycles. The molecule has 0 fully saturated rings. The van der Waals surface area contributed by atoms with Crippen molar-refractivity contribution in [3.8, 4) is 5.69 Å². The molecule has 5 nitrogen and oxygen atoms in total. The zero-order chi connectivity index (χ0) is 13.4. The number of hydrogen-bond acceptors (Lipinski definition) is 4. The van der Waals surface area contributed by atoms with Crippen molar-refractivity contribution in [1.82, 2.24) is 19.7 Å². The van der Waals surface area contributed by atoms with Crippen LogP contribution in [0.15, 0.2) is 30.5 Å². The zero-order valence-corrected chi connectivity index (χ0v) is 11.2. The van der Waals surface area contributed by atoms with Crippen LogP contribution in [0.25, 0.3) is 16.7 Å². The zero-order valence-electron chi connectivity index (χ0n) is 11.2. The van der Waals surface area contributed by atoms with Crippen LogP contribution in [0.2, 0.25) is 0 Å². The summed E-state index contributed by atoms with van der Waals surface area (Å²) in [7, 11) is 1.85. The molecule has 0 saturated carbocycles. The average molecular weight is 253 g/mol. The summed E-state index contributed by atoms with van der Waals surface area (Å²) >= 11 is 0. The average Bonchev–Trinajstić information content (AvgIpc) is 2.82. The molecule has 3 rings (SSSR count). The highest BCUT2D eigenvalue weighted by molar-refractivity contribution is 5.87. The highest BCUT2D eigenvalue weighted by atomic mass is 15.3. The molecule has 96 valence electrons. The van der Waals surface area contributed by atoms with Crippen molar-refractivity contribution in [2.24, 2.45) is 0 Å². The molecule has 1 N–H and O–H groups in total. The van der Waals surface area contributed by atoms with Gasteiger partial charge < -0.3 is 5.32 Å². The van der Waals surface area contributed by atoms with Crippen LogP contribution in [-0.2, 0) is 0 Å². The SMILES string of the molecule is CNc1nc(C)nc2c1cnn2-c1ccc(C)cc1. The van der Waals surface area contributed by atoms with Gasteiger partial charge in [0.25, 0.3) is 0 Å². The van der Waals surface area contributed by atoms with Crippen molar-refractivity contribution in [2.75, 3.05) is 12.4 Å². The maximum absolute atomic E-state index is 4.49. The van der Waals surface area contributed by atoms with E-state index >= 15 is 0 Å². The number of nitrogens with one attached hydrogen (secondary N) is 1. The Labute approximate surface area is 111 Å². The Morgan fingerprint density at radius 3 is 2.47 bits per heavy atom. The van der Waals surface area contributed by atoms with Crippen molar-refractivity contribution in [3.63, 3.8) is 0 Å². The summed E-state index contributed by atoms with van der Waals surface area (Å²) in [5.41, 5.74) is 3.04. The van der Waals surface area contributed by atoms with Gasteiger partial charge in [0, 0.05) is 7.05 Å². The number of fused-ring (bicyclic) bond motifs is 1. The van der Waals surface area contributed by atoms with E-state index in [0.717, 1.165) is 28.4 Å². The van der Waals surface area contributed by atoms with Gasteiger partial charge >= 0.3 is 0 Å². The molecule has 0 saturated heterocycles. The van der Waals surface area contributed by atoms with Gasteiger partial charge in [-0.15, -0.1) is 0 Å². The van der Waals surface area contributed by atoms with E-state index in [1.54, 1.807) is 6.20 Å². The second-order valence-electron chi connectivity index (χ2n) is 4.50. The first-order valence-electron chi connectivity index (χ1n) is 6.16. The topological polar surface area (TPSA) is 55.6 Å². The van der Waals surface area contributed by atoms with Crippen LogP contribution < -0.4 is 5.32 Å². The van der Waals surface area contributed by atoms with Crippen molar-refractivity contribution < 1.29 is 0 Å². The molecule has 0 amide bonds. The van der Waals surface area contributed by atoms with Crippen molar-refractivity contribution >= 4 is 16.9 Å². The van der Waals surface area contributed by atoms with Crippen molar-refractivity contribution in [2.45, 2.75) is 13.8 Å². The van der Waals surface area contributed by atoms with Gasteiger partial charge in [-0.1, -0.05) is 17.7 Å². The maximum Gasteiger partial charge on any atom is 0.168 e. The number of aromatic nitrogens is 4. The lowest BCUT2D eigenvalue weighted by Gasteiger charge is -2.05. The second kappa shape index (κ2) is 4.35. The maximum atomic E-state index is 4.49. The number of benzene rings is 1. The Hall–Kier alpha value is -2.43. The fraction of sp³-hybridized carbons (Fsp3) is 0.214. The molecular formula is C14H15N5. The fourth-order valence-corrected chi connectivity index (χ4v) is 2.08. The van der Waals surface area contributed by atoms with E-state index in [4.69, 9.17) is 0 Å². The quantitative estimate of drug-likeness (QED) is 0.762. The van der Waals surface area contributed by atoms with Gasteiger partial charge in [-0.05, 0) is 26.0 Å². The van der Waals surface area contributed by atoms with E-state index in [0.29, 0.717) is 0 Å². The molecule has 0 radical (unpaired) electrons. The van der Waals surface area contributed by atoms with Crippen LogP contribution in [0.4, 0.5) is 5.82 Å². The van der Waals surface area contributed by atoms with Crippen LogP contribution in [-0.4, -0.2) is 26.8 Å². The summed E-state index contributed by atoms with van der Waals surface area (Å²) < 4.78 is 1.84. The van der Waals surface area contributed by atoms with E-state index in [-0.39, 0.29) is 0 Å². The number of nitrogens with zero attached hydrogens (tertiary/aromatic N) is 4. The number of hydrogen-bond donors (Lipinski definition) is 1. The van der Waals surface area contributed by atoms with Crippen LogP contribution in [0.3, 0.4) is 0 Å². The highest BCUT2D eigenvalue weighted by Crippen LogP contribution is 2.22. The Kier molecular flexibility index (Phi) is 2.67. The molecule has 0 aliphatic rings. The fourth-order valence-electron chi connectivity index (χ4n) is 2.08. The Bertz CT molecular complexity index is 727. The van der Waals surface area contributed by atoms with Crippen molar-refractivity contribution in [1.29, 1.82) is 0 Å². The molecule has 2 aromatic heterocycles. The standard InChI is InChI=1S/C14H15N5/c1-9-4-6-11(7-5-9)19-14-12(8-16-19)13(15-3)17-10(2)18-14/h4-8H,1-3H3,(H,15,17,18). The van der Waals surface area contributed by atoms with E-state index in [2.05, 4.69) is 39.4 Å². The number of anilines is 1. The lowest BCUT2D eigenvalue weighted by molar-refractivity contribution is 0.889. The smallest absolute Gasteiger partial charge is 0.168 e. The molecule has 3 aromatic rings. The van der Waals surface area contributed by atoms with E-state index in [1.165, 1.54) is 5.56 Å². The minimum absolute atomic E-state index is 0.728. The predicted molar refractivity (Wildman–Crippen MR) is 75.7 cm³/mol. The lowest BCUT2D eigenvalue weighted by atomic mass is 10.2. The molecule has 0 unspecified atom stereocenters. The van der Waals surface area contributed by atoms with Gasteiger partial charge in [-0.3, -0.25) is 0 Å². The molecule has 1 aromatic carbocycles. The van der Waals surface area contributed by atoms with Gasteiger partial charge in [-0.2, -0.15) is 5.10 Å². The molecule has 0 spiro atoms. The first-order chi connectivity index (χ1) is 9.19. The normalized spacial score (nSPS) is 10.9. The number of rotatable bonds is 2.